The summed E-state index contributed by atoms with van der Waals surface area (Å²) in [5.74, 6) is 0.0930. The van der Waals surface area contributed by atoms with Crippen molar-refractivity contribution in [2.45, 2.75) is 52.0 Å². The third-order valence-corrected chi connectivity index (χ3v) is 3.83. The summed E-state index contributed by atoms with van der Waals surface area (Å²) in [6, 6.07) is 8.71. The SMILES string of the molecule is CCN(CC(=O)Nc1ccccc1C(C)(C)C)C1CC1. The van der Waals surface area contributed by atoms with Crippen LogP contribution in [0.5, 0.6) is 0 Å². The van der Waals surface area contributed by atoms with Crippen molar-refractivity contribution in [2.24, 2.45) is 0 Å². The smallest absolute Gasteiger partial charge is 0.238 e. The minimum Gasteiger partial charge on any atom is -0.325 e. The summed E-state index contributed by atoms with van der Waals surface area (Å²) in [5.41, 5.74) is 2.16. The maximum absolute atomic E-state index is 12.2. The highest BCUT2D eigenvalue weighted by Gasteiger charge is 2.29. The van der Waals surface area contributed by atoms with Crippen LogP contribution in [0.2, 0.25) is 0 Å². The Labute approximate surface area is 122 Å². The molecule has 1 N–H and O–H groups in total. The number of para-hydroxylation sites is 1. The van der Waals surface area contributed by atoms with Crippen LogP contribution in [-0.4, -0.2) is 29.9 Å². The largest absolute Gasteiger partial charge is 0.325 e. The lowest BCUT2D eigenvalue weighted by molar-refractivity contribution is -0.117. The van der Waals surface area contributed by atoms with Gasteiger partial charge in [-0.3, -0.25) is 9.69 Å². The van der Waals surface area contributed by atoms with Crippen LogP contribution in [0.15, 0.2) is 24.3 Å². The Morgan fingerprint density at radius 2 is 1.95 bits per heavy atom. The van der Waals surface area contributed by atoms with Gasteiger partial charge in [0.05, 0.1) is 6.54 Å². The predicted molar refractivity (Wildman–Crippen MR) is 84.0 cm³/mol. The number of hydrogen-bond donors (Lipinski definition) is 1. The van der Waals surface area contributed by atoms with Crippen molar-refractivity contribution in [3.8, 4) is 0 Å². The maximum Gasteiger partial charge on any atom is 0.238 e. The highest BCUT2D eigenvalue weighted by atomic mass is 16.2. The summed E-state index contributed by atoms with van der Waals surface area (Å²) >= 11 is 0. The molecular weight excluding hydrogens is 248 g/mol. The molecule has 0 heterocycles. The molecule has 1 aliphatic carbocycles. The lowest BCUT2D eigenvalue weighted by atomic mass is 9.86. The standard InChI is InChI=1S/C17H26N2O/c1-5-19(13-10-11-13)12-16(20)18-15-9-7-6-8-14(15)17(2,3)4/h6-9,13H,5,10-12H2,1-4H3,(H,18,20). The molecule has 1 aromatic carbocycles. The molecule has 110 valence electrons. The first-order valence-electron chi connectivity index (χ1n) is 7.55. The summed E-state index contributed by atoms with van der Waals surface area (Å²) in [6.07, 6.45) is 2.47. The number of rotatable bonds is 5. The first-order chi connectivity index (χ1) is 9.41. The van der Waals surface area contributed by atoms with Crippen LogP contribution in [0, 0.1) is 0 Å². The van der Waals surface area contributed by atoms with E-state index >= 15 is 0 Å². The van der Waals surface area contributed by atoms with Gasteiger partial charge in [0.25, 0.3) is 0 Å². The minimum atomic E-state index is 0.0325. The molecule has 0 saturated heterocycles. The minimum absolute atomic E-state index is 0.0325. The Hall–Kier alpha value is -1.35. The third kappa shape index (κ3) is 3.83. The van der Waals surface area contributed by atoms with Crippen molar-refractivity contribution in [1.82, 2.24) is 4.90 Å². The number of carbonyl (C=O) groups excluding carboxylic acids is 1. The van der Waals surface area contributed by atoms with Crippen LogP contribution in [0.4, 0.5) is 5.69 Å². The van der Waals surface area contributed by atoms with Gasteiger partial charge < -0.3 is 5.32 Å². The molecule has 1 amide bonds. The number of benzene rings is 1. The Balaban J connectivity index is 2.04. The van der Waals surface area contributed by atoms with Crippen molar-refractivity contribution < 1.29 is 4.79 Å². The Morgan fingerprint density at radius 1 is 1.30 bits per heavy atom. The molecular formula is C17H26N2O. The van der Waals surface area contributed by atoms with E-state index in [0.29, 0.717) is 12.6 Å². The highest BCUT2D eigenvalue weighted by Crippen LogP contribution is 2.29. The molecule has 0 radical (unpaired) electrons. The number of hydrogen-bond acceptors (Lipinski definition) is 2. The van der Waals surface area contributed by atoms with Crippen LogP contribution >= 0.6 is 0 Å². The van der Waals surface area contributed by atoms with Gasteiger partial charge in [-0.2, -0.15) is 0 Å². The number of anilines is 1. The Kier molecular flexibility index (Phi) is 4.48. The summed E-state index contributed by atoms with van der Waals surface area (Å²) in [7, 11) is 0. The Bertz CT molecular complexity index is 472. The van der Waals surface area contributed by atoms with Crippen molar-refractivity contribution in [2.75, 3.05) is 18.4 Å². The van der Waals surface area contributed by atoms with E-state index in [1.54, 1.807) is 0 Å². The molecule has 0 aliphatic heterocycles. The normalized spacial score (nSPS) is 15.4. The molecule has 3 nitrogen and oxygen atoms in total. The molecule has 0 unspecified atom stereocenters. The van der Waals surface area contributed by atoms with Crippen molar-refractivity contribution in [1.29, 1.82) is 0 Å². The average molecular weight is 274 g/mol. The van der Waals surface area contributed by atoms with Gasteiger partial charge in [-0.25, -0.2) is 0 Å². The van der Waals surface area contributed by atoms with Crippen LogP contribution in [0.3, 0.4) is 0 Å². The van der Waals surface area contributed by atoms with E-state index < -0.39 is 0 Å². The molecule has 2 rings (SSSR count). The summed E-state index contributed by atoms with van der Waals surface area (Å²) < 4.78 is 0. The number of carbonyl (C=O) groups is 1. The molecule has 3 heteroatoms. The van der Waals surface area contributed by atoms with E-state index in [1.165, 1.54) is 18.4 Å². The van der Waals surface area contributed by atoms with Gasteiger partial charge in [0.15, 0.2) is 0 Å². The lowest BCUT2D eigenvalue weighted by Crippen LogP contribution is -2.35. The summed E-state index contributed by atoms with van der Waals surface area (Å²) in [6.45, 7) is 10.1. The second-order valence-electron chi connectivity index (χ2n) is 6.64. The van der Waals surface area contributed by atoms with E-state index in [9.17, 15) is 4.79 Å². The third-order valence-electron chi connectivity index (χ3n) is 3.83. The molecule has 0 aromatic heterocycles. The Morgan fingerprint density at radius 3 is 2.50 bits per heavy atom. The number of nitrogens with zero attached hydrogens (tertiary/aromatic N) is 1. The first kappa shape index (κ1) is 15.0. The zero-order valence-electron chi connectivity index (χ0n) is 13.1. The van der Waals surface area contributed by atoms with Gasteiger partial charge in [-0.05, 0) is 36.4 Å². The van der Waals surface area contributed by atoms with E-state index in [4.69, 9.17) is 0 Å². The fraction of sp³-hybridized carbons (Fsp3) is 0.588. The van der Waals surface area contributed by atoms with E-state index in [1.807, 2.05) is 18.2 Å². The van der Waals surface area contributed by atoms with Gasteiger partial charge in [-0.15, -0.1) is 0 Å². The zero-order valence-corrected chi connectivity index (χ0v) is 13.1. The first-order valence-corrected chi connectivity index (χ1v) is 7.55. The highest BCUT2D eigenvalue weighted by molar-refractivity contribution is 5.93. The molecule has 1 saturated carbocycles. The molecule has 0 spiro atoms. The van der Waals surface area contributed by atoms with Crippen molar-refractivity contribution in [3.63, 3.8) is 0 Å². The van der Waals surface area contributed by atoms with Gasteiger partial charge in [0.2, 0.25) is 5.91 Å². The number of amides is 1. The maximum atomic E-state index is 12.2. The summed E-state index contributed by atoms with van der Waals surface area (Å²) in [4.78, 5) is 14.5. The molecule has 1 fully saturated rings. The topological polar surface area (TPSA) is 32.3 Å². The fourth-order valence-corrected chi connectivity index (χ4v) is 2.56. The van der Waals surface area contributed by atoms with E-state index in [2.05, 4.69) is 44.0 Å². The molecule has 1 aliphatic rings. The lowest BCUT2D eigenvalue weighted by Gasteiger charge is -2.24. The number of nitrogens with one attached hydrogen (secondary N) is 1. The average Bonchev–Trinajstić information content (AvgIpc) is 3.19. The van der Waals surface area contributed by atoms with Gasteiger partial charge in [0.1, 0.15) is 0 Å². The quantitative estimate of drug-likeness (QED) is 0.892. The van der Waals surface area contributed by atoms with Crippen LogP contribution in [-0.2, 0) is 10.2 Å². The number of likely N-dealkylation sites (N-methyl/N-ethyl adjacent to an activating group) is 1. The fourth-order valence-electron chi connectivity index (χ4n) is 2.56. The van der Waals surface area contributed by atoms with Crippen molar-refractivity contribution >= 4 is 11.6 Å². The van der Waals surface area contributed by atoms with Gasteiger partial charge in [-0.1, -0.05) is 45.9 Å². The molecule has 20 heavy (non-hydrogen) atoms. The molecule has 0 bridgehead atoms. The summed E-state index contributed by atoms with van der Waals surface area (Å²) in [5, 5.41) is 3.08. The van der Waals surface area contributed by atoms with Crippen LogP contribution in [0.1, 0.15) is 46.1 Å². The van der Waals surface area contributed by atoms with Crippen LogP contribution < -0.4 is 5.32 Å². The monoisotopic (exact) mass is 274 g/mol. The molecule has 1 aromatic rings. The molecule has 0 atom stereocenters. The van der Waals surface area contributed by atoms with Crippen LogP contribution in [0.25, 0.3) is 0 Å². The second kappa shape index (κ2) is 5.96. The van der Waals surface area contributed by atoms with Gasteiger partial charge >= 0.3 is 0 Å². The predicted octanol–water partition coefficient (Wildman–Crippen LogP) is 3.41. The van der Waals surface area contributed by atoms with E-state index in [-0.39, 0.29) is 11.3 Å². The van der Waals surface area contributed by atoms with Gasteiger partial charge in [0, 0.05) is 11.7 Å². The van der Waals surface area contributed by atoms with E-state index in [0.717, 1.165) is 12.2 Å². The second-order valence-corrected chi connectivity index (χ2v) is 6.64. The van der Waals surface area contributed by atoms with Crippen molar-refractivity contribution in [3.05, 3.63) is 29.8 Å². The zero-order chi connectivity index (χ0) is 14.8.